The van der Waals surface area contributed by atoms with Gasteiger partial charge in [0.2, 0.25) is 5.91 Å². The first-order chi connectivity index (χ1) is 10.3. The predicted molar refractivity (Wildman–Crippen MR) is 65.9 cm³/mol. The van der Waals surface area contributed by atoms with Gasteiger partial charge in [0.15, 0.2) is 11.6 Å². The molecule has 1 aliphatic heterocycles. The van der Waals surface area contributed by atoms with Crippen molar-refractivity contribution in [1.82, 2.24) is 14.5 Å². The molecule has 0 spiro atoms. The van der Waals surface area contributed by atoms with E-state index < -0.39 is 36.3 Å². The van der Waals surface area contributed by atoms with Gasteiger partial charge < -0.3 is 9.47 Å². The smallest absolute Gasteiger partial charge is 0.332 e. The van der Waals surface area contributed by atoms with Gasteiger partial charge in [0.25, 0.3) is 0 Å². The minimum absolute atomic E-state index is 0.0492. The summed E-state index contributed by atoms with van der Waals surface area (Å²) in [5, 5.41) is 0. The molecule has 22 heavy (non-hydrogen) atoms. The van der Waals surface area contributed by atoms with E-state index in [0.29, 0.717) is 4.90 Å². The Bertz CT molecular complexity index is 739. The molecule has 118 valence electrons. The second-order valence-corrected chi connectivity index (χ2v) is 5.09. The summed E-state index contributed by atoms with van der Waals surface area (Å²) < 4.78 is 64.9. The van der Waals surface area contributed by atoms with Crippen LogP contribution in [0.25, 0.3) is 11.0 Å². The van der Waals surface area contributed by atoms with Gasteiger partial charge in [-0.15, -0.1) is 0 Å². The zero-order valence-electron chi connectivity index (χ0n) is 11.1. The molecule has 0 saturated carbocycles. The highest BCUT2D eigenvalue weighted by atomic mass is 19.4. The van der Waals surface area contributed by atoms with Crippen LogP contribution in [0.2, 0.25) is 0 Å². The molecule has 1 saturated heterocycles. The summed E-state index contributed by atoms with van der Waals surface area (Å²) in [5.74, 6) is -2.89. The molecular weight excluding hydrogens is 309 g/mol. The van der Waals surface area contributed by atoms with Gasteiger partial charge in [0.1, 0.15) is 12.6 Å². The van der Waals surface area contributed by atoms with E-state index in [9.17, 15) is 26.7 Å². The summed E-state index contributed by atoms with van der Waals surface area (Å²) in [6, 6.07) is 0.878. The van der Waals surface area contributed by atoms with Crippen LogP contribution in [0.15, 0.2) is 18.5 Å². The zero-order chi connectivity index (χ0) is 16.1. The molecule has 1 aromatic carbocycles. The number of nitrogens with zero attached hydrogens (tertiary/aromatic N) is 3. The van der Waals surface area contributed by atoms with Crippen molar-refractivity contribution in [3.05, 3.63) is 30.1 Å². The lowest BCUT2D eigenvalue weighted by atomic mass is 10.2. The number of aromatic nitrogens is 2. The Morgan fingerprint density at radius 3 is 2.59 bits per heavy atom. The fourth-order valence-electron chi connectivity index (χ4n) is 2.63. The lowest BCUT2D eigenvalue weighted by Crippen LogP contribution is -2.36. The van der Waals surface area contributed by atoms with E-state index in [1.165, 1.54) is 10.9 Å². The van der Waals surface area contributed by atoms with Gasteiger partial charge in [0, 0.05) is 18.7 Å². The zero-order valence-corrected chi connectivity index (χ0v) is 11.1. The first kappa shape index (κ1) is 14.7. The molecule has 1 unspecified atom stereocenters. The predicted octanol–water partition coefficient (Wildman–Crippen LogP) is 2.65. The molecule has 2 heterocycles. The number of imidazole rings is 1. The van der Waals surface area contributed by atoms with Gasteiger partial charge in [-0.05, 0) is 6.42 Å². The normalized spacial score (nSPS) is 19.4. The molecule has 9 heteroatoms. The number of halogens is 5. The van der Waals surface area contributed by atoms with Crippen LogP contribution in [0.3, 0.4) is 0 Å². The molecule has 1 atom stereocenters. The Morgan fingerprint density at radius 2 is 1.91 bits per heavy atom. The minimum Gasteiger partial charge on any atom is -0.332 e. The lowest BCUT2D eigenvalue weighted by Gasteiger charge is -2.18. The molecule has 0 bridgehead atoms. The van der Waals surface area contributed by atoms with Crippen LogP contribution in [0.1, 0.15) is 12.5 Å². The SMILES string of the molecule is O=C1C(n2cnc3cc(F)c(F)cc32)CCN1CC(F)(F)F. The van der Waals surface area contributed by atoms with E-state index in [1.54, 1.807) is 0 Å². The minimum atomic E-state index is -4.48. The van der Waals surface area contributed by atoms with Crippen LogP contribution in [0.4, 0.5) is 22.0 Å². The molecule has 1 fully saturated rings. The topological polar surface area (TPSA) is 38.1 Å². The number of rotatable bonds is 2. The maximum atomic E-state index is 13.3. The van der Waals surface area contributed by atoms with E-state index in [2.05, 4.69) is 4.98 Å². The average Bonchev–Trinajstić information content (AvgIpc) is 2.94. The number of alkyl halides is 3. The van der Waals surface area contributed by atoms with E-state index in [0.717, 1.165) is 12.1 Å². The van der Waals surface area contributed by atoms with Gasteiger partial charge >= 0.3 is 6.18 Å². The molecule has 0 aliphatic carbocycles. The quantitative estimate of drug-likeness (QED) is 0.798. The van der Waals surface area contributed by atoms with E-state index >= 15 is 0 Å². The second kappa shape index (κ2) is 4.92. The maximum absolute atomic E-state index is 13.3. The van der Waals surface area contributed by atoms with E-state index in [-0.39, 0.29) is 24.0 Å². The lowest BCUT2D eigenvalue weighted by molar-refractivity contribution is -0.158. The van der Waals surface area contributed by atoms with Crippen LogP contribution in [0, 0.1) is 11.6 Å². The first-order valence-corrected chi connectivity index (χ1v) is 6.43. The number of hydrogen-bond donors (Lipinski definition) is 0. The van der Waals surface area contributed by atoms with Crippen molar-refractivity contribution in [2.75, 3.05) is 13.1 Å². The van der Waals surface area contributed by atoms with Crippen molar-refractivity contribution in [3.63, 3.8) is 0 Å². The number of fused-ring (bicyclic) bond motifs is 1. The third kappa shape index (κ3) is 2.51. The van der Waals surface area contributed by atoms with Crippen LogP contribution in [-0.4, -0.2) is 39.6 Å². The average molecular weight is 319 g/mol. The van der Waals surface area contributed by atoms with Crippen molar-refractivity contribution >= 4 is 16.9 Å². The molecule has 1 aliphatic rings. The van der Waals surface area contributed by atoms with Crippen molar-refractivity contribution < 1.29 is 26.7 Å². The fourth-order valence-corrected chi connectivity index (χ4v) is 2.63. The summed E-state index contributed by atoms with van der Waals surface area (Å²) in [6.07, 6.45) is -3.11. The van der Waals surface area contributed by atoms with Crippen molar-refractivity contribution in [3.8, 4) is 0 Å². The highest BCUT2D eigenvalue weighted by Crippen LogP contribution is 2.30. The molecular formula is C13H10F5N3O. The third-order valence-corrected chi connectivity index (χ3v) is 3.59. The van der Waals surface area contributed by atoms with Gasteiger partial charge in [-0.1, -0.05) is 0 Å². The Kier molecular flexibility index (Phi) is 3.30. The Morgan fingerprint density at radius 1 is 1.23 bits per heavy atom. The summed E-state index contributed by atoms with van der Waals surface area (Å²) in [5.41, 5.74) is 0.312. The molecule has 2 aromatic rings. The molecule has 1 aromatic heterocycles. The van der Waals surface area contributed by atoms with Crippen molar-refractivity contribution in [2.24, 2.45) is 0 Å². The van der Waals surface area contributed by atoms with Crippen LogP contribution in [0.5, 0.6) is 0 Å². The number of carbonyl (C=O) groups is 1. The number of likely N-dealkylation sites (tertiary alicyclic amines) is 1. The van der Waals surface area contributed by atoms with Crippen LogP contribution < -0.4 is 0 Å². The van der Waals surface area contributed by atoms with Gasteiger partial charge in [-0.25, -0.2) is 13.8 Å². The fraction of sp³-hybridized carbons (Fsp3) is 0.385. The highest BCUT2D eigenvalue weighted by molar-refractivity contribution is 5.85. The maximum Gasteiger partial charge on any atom is 0.406 e. The first-order valence-electron chi connectivity index (χ1n) is 6.43. The summed E-state index contributed by atoms with van der Waals surface area (Å²) >= 11 is 0. The molecule has 3 rings (SSSR count). The van der Waals surface area contributed by atoms with Gasteiger partial charge in [-0.2, -0.15) is 13.2 Å². The standard InChI is InChI=1S/C13H10F5N3O/c14-7-3-9-11(4-8(7)15)21(6-19-9)10-1-2-20(12(10)22)5-13(16,17)18/h3-4,6,10H,1-2,5H2. The highest BCUT2D eigenvalue weighted by Gasteiger charge is 2.40. The number of amides is 1. The summed E-state index contributed by atoms with van der Waals surface area (Å²) in [7, 11) is 0. The number of hydrogen-bond acceptors (Lipinski definition) is 2. The molecule has 1 amide bonds. The van der Waals surface area contributed by atoms with Crippen LogP contribution in [-0.2, 0) is 4.79 Å². The Balaban J connectivity index is 1.92. The van der Waals surface area contributed by atoms with Gasteiger partial charge in [-0.3, -0.25) is 4.79 Å². The summed E-state index contributed by atoms with van der Waals surface area (Å²) in [4.78, 5) is 16.7. The van der Waals surface area contributed by atoms with Crippen molar-refractivity contribution in [2.45, 2.75) is 18.6 Å². The van der Waals surface area contributed by atoms with Crippen molar-refractivity contribution in [1.29, 1.82) is 0 Å². The Hall–Kier alpha value is -2.19. The third-order valence-electron chi connectivity index (χ3n) is 3.59. The second-order valence-electron chi connectivity index (χ2n) is 5.09. The number of benzene rings is 1. The van der Waals surface area contributed by atoms with Crippen LogP contribution >= 0.6 is 0 Å². The monoisotopic (exact) mass is 319 g/mol. The molecule has 0 radical (unpaired) electrons. The Labute approximate surface area is 121 Å². The van der Waals surface area contributed by atoms with Gasteiger partial charge in [0.05, 0.1) is 17.4 Å². The number of carbonyl (C=O) groups excluding carboxylic acids is 1. The molecule has 4 nitrogen and oxygen atoms in total. The molecule has 0 N–H and O–H groups in total. The van der Waals surface area contributed by atoms with E-state index in [1.807, 2.05) is 0 Å². The summed E-state index contributed by atoms with van der Waals surface area (Å²) in [6.45, 7) is -1.37. The van der Waals surface area contributed by atoms with E-state index in [4.69, 9.17) is 0 Å². The largest absolute Gasteiger partial charge is 0.406 e.